The van der Waals surface area contributed by atoms with Crippen molar-refractivity contribution < 1.29 is 17.2 Å². The first kappa shape index (κ1) is 15.3. The minimum atomic E-state index is -4.02. The predicted molar refractivity (Wildman–Crippen MR) is 71.5 cm³/mol. The number of halogens is 2. The van der Waals surface area contributed by atoms with Gasteiger partial charge in [0.15, 0.2) is 0 Å². The van der Waals surface area contributed by atoms with E-state index in [1.807, 2.05) is 6.92 Å². The van der Waals surface area contributed by atoms with Crippen LogP contribution in [-0.2, 0) is 10.0 Å². The van der Waals surface area contributed by atoms with E-state index in [1.54, 1.807) is 0 Å². The Balaban J connectivity index is 2.33. The zero-order valence-electron chi connectivity index (χ0n) is 11.2. The number of sulfonamides is 1. The van der Waals surface area contributed by atoms with E-state index in [2.05, 4.69) is 0 Å². The van der Waals surface area contributed by atoms with Crippen molar-refractivity contribution >= 4 is 10.0 Å². The largest absolute Gasteiger partial charge is 0.327 e. The second-order valence-electron chi connectivity index (χ2n) is 5.06. The molecule has 0 aliphatic carbocycles. The molecule has 1 aromatic rings. The van der Waals surface area contributed by atoms with Crippen molar-refractivity contribution in [3.05, 3.63) is 29.8 Å². The lowest BCUT2D eigenvalue weighted by Gasteiger charge is -2.35. The Bertz CT molecular complexity index is 592. The molecule has 2 rings (SSSR count). The first-order chi connectivity index (χ1) is 9.36. The van der Waals surface area contributed by atoms with Crippen molar-refractivity contribution in [3.63, 3.8) is 0 Å². The predicted octanol–water partition coefficient (Wildman–Crippen LogP) is 1.71. The van der Waals surface area contributed by atoms with Gasteiger partial charge in [0.25, 0.3) is 0 Å². The van der Waals surface area contributed by atoms with Crippen LogP contribution < -0.4 is 5.73 Å². The summed E-state index contributed by atoms with van der Waals surface area (Å²) in [6.07, 6.45) is 1.27. The van der Waals surface area contributed by atoms with Gasteiger partial charge in [-0.2, -0.15) is 4.31 Å². The molecule has 7 heteroatoms. The summed E-state index contributed by atoms with van der Waals surface area (Å²) in [5, 5.41) is 0. The van der Waals surface area contributed by atoms with Crippen LogP contribution in [0.3, 0.4) is 0 Å². The van der Waals surface area contributed by atoms with E-state index in [-0.39, 0.29) is 25.0 Å². The van der Waals surface area contributed by atoms with Crippen molar-refractivity contribution in [1.82, 2.24) is 4.31 Å². The molecule has 1 heterocycles. The van der Waals surface area contributed by atoms with Crippen molar-refractivity contribution in [2.75, 3.05) is 13.1 Å². The van der Waals surface area contributed by atoms with Gasteiger partial charge in [-0.05, 0) is 30.5 Å². The first-order valence-corrected chi connectivity index (χ1v) is 8.01. The molecular weight excluding hydrogens is 286 g/mol. The summed E-state index contributed by atoms with van der Waals surface area (Å²) in [5.41, 5.74) is 5.93. The normalized spacial score (nSPS) is 24.8. The number of benzene rings is 1. The lowest BCUT2D eigenvalue weighted by Crippen LogP contribution is -2.49. The Labute approximate surface area is 117 Å². The maximum atomic E-state index is 13.7. The molecular formula is C13H18F2N2O2S. The third kappa shape index (κ3) is 2.84. The fourth-order valence-corrected chi connectivity index (χ4v) is 4.07. The average molecular weight is 304 g/mol. The maximum absolute atomic E-state index is 13.7. The second kappa shape index (κ2) is 5.75. The third-order valence-corrected chi connectivity index (χ3v) is 5.67. The van der Waals surface area contributed by atoms with E-state index in [0.717, 1.165) is 24.6 Å². The van der Waals surface area contributed by atoms with Crippen LogP contribution in [0.2, 0.25) is 0 Å². The van der Waals surface area contributed by atoms with E-state index in [1.165, 1.54) is 4.31 Å². The van der Waals surface area contributed by atoms with Gasteiger partial charge in [-0.25, -0.2) is 17.2 Å². The highest BCUT2D eigenvalue weighted by Crippen LogP contribution is 2.26. The summed E-state index contributed by atoms with van der Waals surface area (Å²) < 4.78 is 52.9. The summed E-state index contributed by atoms with van der Waals surface area (Å²) in [6, 6.07) is 2.40. The van der Waals surface area contributed by atoms with Gasteiger partial charge in [-0.15, -0.1) is 0 Å². The molecule has 2 atom stereocenters. The SMILES string of the molecule is CCC1CN(S(=O)(=O)c2cc(F)ccc2F)CCC1N. The van der Waals surface area contributed by atoms with Gasteiger partial charge in [0.05, 0.1) is 0 Å². The molecule has 1 aliphatic rings. The Morgan fingerprint density at radius 3 is 2.75 bits per heavy atom. The Morgan fingerprint density at radius 1 is 1.40 bits per heavy atom. The fraction of sp³-hybridized carbons (Fsp3) is 0.538. The number of rotatable bonds is 3. The lowest BCUT2D eigenvalue weighted by atomic mass is 9.92. The number of piperidine rings is 1. The molecule has 0 aromatic heterocycles. The van der Waals surface area contributed by atoms with Gasteiger partial charge in [0.1, 0.15) is 16.5 Å². The van der Waals surface area contributed by atoms with Gasteiger partial charge in [0, 0.05) is 19.1 Å². The van der Waals surface area contributed by atoms with Gasteiger partial charge < -0.3 is 5.73 Å². The summed E-state index contributed by atoms with van der Waals surface area (Å²) in [7, 11) is -4.02. The lowest BCUT2D eigenvalue weighted by molar-refractivity contribution is 0.230. The summed E-state index contributed by atoms with van der Waals surface area (Å²) >= 11 is 0. The van der Waals surface area contributed by atoms with E-state index in [0.29, 0.717) is 6.42 Å². The van der Waals surface area contributed by atoms with E-state index in [9.17, 15) is 17.2 Å². The van der Waals surface area contributed by atoms with E-state index in [4.69, 9.17) is 5.73 Å². The van der Waals surface area contributed by atoms with Crippen molar-refractivity contribution in [1.29, 1.82) is 0 Å². The van der Waals surface area contributed by atoms with Crippen LogP contribution in [0, 0.1) is 17.6 Å². The molecule has 0 saturated carbocycles. The molecule has 1 aliphatic heterocycles. The zero-order chi connectivity index (χ0) is 14.9. The summed E-state index contributed by atoms with van der Waals surface area (Å²) in [6.45, 7) is 2.41. The van der Waals surface area contributed by atoms with Crippen LogP contribution in [0.15, 0.2) is 23.1 Å². The molecule has 2 N–H and O–H groups in total. The second-order valence-corrected chi connectivity index (χ2v) is 6.97. The summed E-state index contributed by atoms with van der Waals surface area (Å²) in [5.74, 6) is -1.67. The fourth-order valence-electron chi connectivity index (χ4n) is 2.48. The topological polar surface area (TPSA) is 63.4 Å². The van der Waals surface area contributed by atoms with Crippen LogP contribution in [-0.4, -0.2) is 31.9 Å². The molecule has 4 nitrogen and oxygen atoms in total. The van der Waals surface area contributed by atoms with Crippen LogP contribution in [0.25, 0.3) is 0 Å². The van der Waals surface area contributed by atoms with Gasteiger partial charge in [-0.1, -0.05) is 13.3 Å². The Kier molecular flexibility index (Phi) is 4.41. The number of hydrogen-bond acceptors (Lipinski definition) is 3. The molecule has 1 aromatic carbocycles. The van der Waals surface area contributed by atoms with Crippen LogP contribution >= 0.6 is 0 Å². The number of nitrogens with two attached hydrogens (primary N) is 1. The molecule has 0 spiro atoms. The highest BCUT2D eigenvalue weighted by atomic mass is 32.2. The molecule has 1 fully saturated rings. The van der Waals surface area contributed by atoms with Gasteiger partial charge in [-0.3, -0.25) is 0 Å². The quantitative estimate of drug-likeness (QED) is 0.924. The molecule has 112 valence electrons. The monoisotopic (exact) mass is 304 g/mol. The van der Waals surface area contributed by atoms with Crippen molar-refractivity contribution in [2.24, 2.45) is 11.7 Å². The van der Waals surface area contributed by atoms with Crippen molar-refractivity contribution in [2.45, 2.75) is 30.7 Å². The first-order valence-electron chi connectivity index (χ1n) is 6.57. The van der Waals surface area contributed by atoms with Crippen LogP contribution in [0.5, 0.6) is 0 Å². The Morgan fingerprint density at radius 2 is 2.10 bits per heavy atom. The van der Waals surface area contributed by atoms with Crippen LogP contribution in [0.4, 0.5) is 8.78 Å². The maximum Gasteiger partial charge on any atom is 0.246 e. The minimum Gasteiger partial charge on any atom is -0.327 e. The van der Waals surface area contributed by atoms with Gasteiger partial charge in [0.2, 0.25) is 10.0 Å². The molecule has 1 saturated heterocycles. The zero-order valence-corrected chi connectivity index (χ0v) is 12.0. The molecule has 0 bridgehead atoms. The van der Waals surface area contributed by atoms with Crippen molar-refractivity contribution in [3.8, 4) is 0 Å². The smallest absolute Gasteiger partial charge is 0.246 e. The molecule has 0 radical (unpaired) electrons. The number of hydrogen-bond donors (Lipinski definition) is 1. The standard InChI is InChI=1S/C13H18F2N2O2S/c1-2-9-8-17(6-5-12(9)16)20(18,19)13-7-10(14)3-4-11(13)15/h3-4,7,9,12H,2,5-6,8,16H2,1H3. The van der Waals surface area contributed by atoms with E-state index >= 15 is 0 Å². The highest BCUT2D eigenvalue weighted by molar-refractivity contribution is 7.89. The van der Waals surface area contributed by atoms with Gasteiger partial charge >= 0.3 is 0 Å². The average Bonchev–Trinajstić information content (AvgIpc) is 2.41. The third-order valence-electron chi connectivity index (χ3n) is 3.79. The summed E-state index contributed by atoms with van der Waals surface area (Å²) in [4.78, 5) is -0.608. The minimum absolute atomic E-state index is 0.0372. The molecule has 20 heavy (non-hydrogen) atoms. The molecule has 2 unspecified atom stereocenters. The van der Waals surface area contributed by atoms with E-state index < -0.39 is 26.6 Å². The van der Waals surface area contributed by atoms with Crippen LogP contribution in [0.1, 0.15) is 19.8 Å². The Hall–Kier alpha value is -1.05. The highest BCUT2D eigenvalue weighted by Gasteiger charge is 2.34. The molecule has 0 amide bonds. The number of nitrogens with zero attached hydrogens (tertiary/aromatic N) is 1.